The Morgan fingerprint density at radius 2 is 1.84 bits per heavy atom. The number of benzene rings is 2. The molecule has 0 amide bonds. The Balaban J connectivity index is 2.03. The molecule has 1 atom stereocenters. The fourth-order valence-corrected chi connectivity index (χ4v) is 2.12. The highest BCUT2D eigenvalue weighted by atomic mass is 35.5. The van der Waals surface area contributed by atoms with Crippen LogP contribution in [0.1, 0.15) is 24.1 Å². The van der Waals surface area contributed by atoms with Crippen LogP contribution >= 0.6 is 23.2 Å². The van der Waals surface area contributed by atoms with Crippen LogP contribution in [0.4, 0.5) is 4.39 Å². The van der Waals surface area contributed by atoms with Crippen LogP contribution in [0.2, 0.25) is 10.0 Å². The highest BCUT2D eigenvalue weighted by Gasteiger charge is 2.08. The van der Waals surface area contributed by atoms with Gasteiger partial charge >= 0.3 is 0 Å². The molecule has 0 aliphatic carbocycles. The molecular formula is C15H14Cl2FN. The van der Waals surface area contributed by atoms with Crippen LogP contribution in [0.5, 0.6) is 0 Å². The number of hydrogen-bond donors (Lipinski definition) is 1. The maximum Gasteiger partial charge on any atom is 0.142 e. The minimum absolute atomic E-state index is 0.0167. The summed E-state index contributed by atoms with van der Waals surface area (Å²) in [6, 6.07) is 12.5. The Kier molecular flexibility index (Phi) is 4.81. The van der Waals surface area contributed by atoms with E-state index in [2.05, 4.69) is 5.32 Å². The summed E-state index contributed by atoms with van der Waals surface area (Å²) < 4.78 is 13.4. The van der Waals surface area contributed by atoms with Gasteiger partial charge in [-0.25, -0.2) is 4.39 Å². The summed E-state index contributed by atoms with van der Waals surface area (Å²) in [6.07, 6.45) is 0. The highest BCUT2D eigenvalue weighted by Crippen LogP contribution is 2.21. The van der Waals surface area contributed by atoms with Crippen LogP contribution in [0.25, 0.3) is 0 Å². The number of halogens is 3. The van der Waals surface area contributed by atoms with Crippen LogP contribution in [-0.2, 0) is 6.54 Å². The molecule has 2 aromatic carbocycles. The van der Waals surface area contributed by atoms with Crippen molar-refractivity contribution in [1.29, 1.82) is 0 Å². The fraction of sp³-hybridized carbons (Fsp3) is 0.200. The van der Waals surface area contributed by atoms with Gasteiger partial charge in [-0.15, -0.1) is 0 Å². The minimum atomic E-state index is -0.398. The van der Waals surface area contributed by atoms with Crippen molar-refractivity contribution in [3.05, 3.63) is 69.5 Å². The number of nitrogens with one attached hydrogen (secondary N) is 1. The topological polar surface area (TPSA) is 12.0 Å². The largest absolute Gasteiger partial charge is 0.306 e. The van der Waals surface area contributed by atoms with E-state index >= 15 is 0 Å². The Bertz CT molecular complexity index is 572. The van der Waals surface area contributed by atoms with Gasteiger partial charge in [-0.05, 0) is 36.2 Å². The predicted octanol–water partition coefficient (Wildman–Crippen LogP) is 4.98. The molecule has 100 valence electrons. The van der Waals surface area contributed by atoms with Crippen molar-refractivity contribution in [3.8, 4) is 0 Å². The van der Waals surface area contributed by atoms with Crippen molar-refractivity contribution in [3.63, 3.8) is 0 Å². The third-order valence-electron chi connectivity index (χ3n) is 3.00. The van der Waals surface area contributed by atoms with E-state index in [1.165, 1.54) is 6.07 Å². The first-order valence-electron chi connectivity index (χ1n) is 5.99. The van der Waals surface area contributed by atoms with Crippen LogP contribution < -0.4 is 5.32 Å². The summed E-state index contributed by atoms with van der Waals surface area (Å²) in [6.45, 7) is 2.60. The standard InChI is InChI=1S/C15H14Cl2FN/c1-10(11-6-7-14(17)15(18)8-11)19-9-12-4-2-3-5-13(12)16/h2-8,10,19H,9H2,1H3. The molecule has 0 saturated heterocycles. The second-order valence-electron chi connectivity index (χ2n) is 4.37. The lowest BCUT2D eigenvalue weighted by Gasteiger charge is -2.15. The zero-order chi connectivity index (χ0) is 13.8. The van der Waals surface area contributed by atoms with Gasteiger partial charge in [0.25, 0.3) is 0 Å². The lowest BCUT2D eigenvalue weighted by molar-refractivity contribution is 0.565. The SMILES string of the molecule is CC(NCc1ccccc1Cl)c1ccc(Cl)c(F)c1. The van der Waals surface area contributed by atoms with E-state index in [0.29, 0.717) is 6.54 Å². The Hall–Kier alpha value is -1.09. The molecule has 0 aliphatic heterocycles. The molecule has 1 N–H and O–H groups in total. The van der Waals surface area contributed by atoms with E-state index in [4.69, 9.17) is 23.2 Å². The van der Waals surface area contributed by atoms with Crippen LogP contribution in [0, 0.1) is 5.82 Å². The van der Waals surface area contributed by atoms with E-state index in [-0.39, 0.29) is 11.1 Å². The molecule has 2 aromatic rings. The van der Waals surface area contributed by atoms with Gasteiger partial charge in [0.1, 0.15) is 5.82 Å². The molecule has 1 nitrogen and oxygen atoms in total. The van der Waals surface area contributed by atoms with Crippen molar-refractivity contribution in [2.75, 3.05) is 0 Å². The summed E-state index contributed by atoms with van der Waals surface area (Å²) in [7, 11) is 0. The van der Waals surface area contributed by atoms with E-state index < -0.39 is 5.82 Å². The van der Waals surface area contributed by atoms with Gasteiger partial charge in [-0.3, -0.25) is 0 Å². The molecule has 0 heterocycles. The Morgan fingerprint density at radius 1 is 1.11 bits per heavy atom. The molecule has 1 unspecified atom stereocenters. The molecule has 0 bridgehead atoms. The minimum Gasteiger partial charge on any atom is -0.306 e. The maximum absolute atomic E-state index is 13.4. The van der Waals surface area contributed by atoms with Crippen molar-refractivity contribution in [2.45, 2.75) is 19.5 Å². The van der Waals surface area contributed by atoms with Gasteiger partial charge in [-0.1, -0.05) is 47.5 Å². The fourth-order valence-electron chi connectivity index (χ4n) is 1.80. The molecule has 0 aliphatic rings. The number of rotatable bonds is 4. The average molecular weight is 298 g/mol. The summed E-state index contributed by atoms with van der Waals surface area (Å²) in [5, 5.41) is 4.18. The number of hydrogen-bond acceptors (Lipinski definition) is 1. The third kappa shape index (κ3) is 3.69. The summed E-state index contributed by atoms with van der Waals surface area (Å²) in [5.74, 6) is -0.398. The summed E-state index contributed by atoms with van der Waals surface area (Å²) in [4.78, 5) is 0. The second-order valence-corrected chi connectivity index (χ2v) is 5.18. The molecular weight excluding hydrogens is 284 g/mol. The van der Waals surface area contributed by atoms with E-state index in [0.717, 1.165) is 16.1 Å². The van der Waals surface area contributed by atoms with Gasteiger partial charge < -0.3 is 5.32 Å². The molecule has 0 spiro atoms. The predicted molar refractivity (Wildman–Crippen MR) is 78.1 cm³/mol. The van der Waals surface area contributed by atoms with Crippen LogP contribution in [0.15, 0.2) is 42.5 Å². The average Bonchev–Trinajstić information content (AvgIpc) is 2.40. The van der Waals surface area contributed by atoms with Crippen LogP contribution in [-0.4, -0.2) is 0 Å². The second kappa shape index (κ2) is 6.38. The molecule has 0 fully saturated rings. The van der Waals surface area contributed by atoms with Gasteiger partial charge in [0.2, 0.25) is 0 Å². The van der Waals surface area contributed by atoms with Crippen molar-refractivity contribution >= 4 is 23.2 Å². The molecule has 2 rings (SSSR count). The van der Waals surface area contributed by atoms with Gasteiger partial charge in [-0.2, -0.15) is 0 Å². The maximum atomic E-state index is 13.4. The summed E-state index contributed by atoms with van der Waals surface area (Å²) in [5.41, 5.74) is 1.87. The zero-order valence-electron chi connectivity index (χ0n) is 10.5. The Morgan fingerprint density at radius 3 is 2.53 bits per heavy atom. The normalized spacial score (nSPS) is 12.4. The lowest BCUT2D eigenvalue weighted by Crippen LogP contribution is -2.18. The first kappa shape index (κ1) is 14.3. The lowest BCUT2D eigenvalue weighted by atomic mass is 10.1. The highest BCUT2D eigenvalue weighted by molar-refractivity contribution is 6.31. The quantitative estimate of drug-likeness (QED) is 0.839. The van der Waals surface area contributed by atoms with Crippen LogP contribution in [0.3, 0.4) is 0 Å². The van der Waals surface area contributed by atoms with Gasteiger partial charge in [0, 0.05) is 17.6 Å². The molecule has 0 aromatic heterocycles. The molecule has 19 heavy (non-hydrogen) atoms. The van der Waals surface area contributed by atoms with E-state index in [1.807, 2.05) is 37.3 Å². The third-order valence-corrected chi connectivity index (χ3v) is 3.68. The molecule has 0 saturated carbocycles. The Labute approximate surface area is 122 Å². The van der Waals surface area contributed by atoms with Crippen molar-refractivity contribution in [1.82, 2.24) is 5.32 Å². The van der Waals surface area contributed by atoms with Crippen molar-refractivity contribution < 1.29 is 4.39 Å². The van der Waals surface area contributed by atoms with E-state index in [9.17, 15) is 4.39 Å². The van der Waals surface area contributed by atoms with Gasteiger partial charge in [0.15, 0.2) is 0 Å². The smallest absolute Gasteiger partial charge is 0.142 e. The first-order valence-corrected chi connectivity index (χ1v) is 6.75. The monoisotopic (exact) mass is 297 g/mol. The summed E-state index contributed by atoms with van der Waals surface area (Å²) >= 11 is 11.7. The van der Waals surface area contributed by atoms with Gasteiger partial charge in [0.05, 0.1) is 5.02 Å². The molecule has 4 heteroatoms. The van der Waals surface area contributed by atoms with Crippen molar-refractivity contribution in [2.24, 2.45) is 0 Å². The van der Waals surface area contributed by atoms with E-state index in [1.54, 1.807) is 6.07 Å². The zero-order valence-corrected chi connectivity index (χ0v) is 12.0. The first-order chi connectivity index (χ1) is 9.08. The molecule has 0 radical (unpaired) electrons.